The van der Waals surface area contributed by atoms with Gasteiger partial charge < -0.3 is 9.26 Å². The molecule has 106 valence electrons. The molecule has 1 aromatic heterocycles. The Morgan fingerprint density at radius 1 is 1.19 bits per heavy atom. The van der Waals surface area contributed by atoms with Crippen LogP contribution in [0.5, 0.6) is 0 Å². The first-order chi connectivity index (χ1) is 10.1. The van der Waals surface area contributed by atoms with E-state index >= 15 is 0 Å². The van der Waals surface area contributed by atoms with Crippen LogP contribution in [0.1, 0.15) is 16.1 Å². The van der Waals surface area contributed by atoms with Crippen LogP contribution in [-0.4, -0.2) is 18.2 Å². The van der Waals surface area contributed by atoms with Crippen molar-refractivity contribution in [3.8, 4) is 11.3 Å². The number of hydrogen-bond acceptors (Lipinski definition) is 4. The van der Waals surface area contributed by atoms with Crippen LogP contribution in [0, 0.1) is 6.92 Å². The fourth-order valence-electron chi connectivity index (χ4n) is 2.28. The number of rotatable bonds is 2. The van der Waals surface area contributed by atoms with E-state index in [1.165, 1.54) is 7.11 Å². The van der Waals surface area contributed by atoms with E-state index < -0.39 is 5.97 Å². The molecule has 0 N–H and O–H groups in total. The first kappa shape index (κ1) is 13.8. The maximum atomic E-state index is 11.9. The third-order valence-electron chi connectivity index (χ3n) is 3.33. The SMILES string of the molecule is COC(=O)c1c(-c2ccc3cc(Br)ccc3c2)noc1C. The Hall–Kier alpha value is -2.14. The fourth-order valence-corrected chi connectivity index (χ4v) is 2.65. The van der Waals surface area contributed by atoms with Gasteiger partial charge in [-0.15, -0.1) is 0 Å². The fraction of sp³-hybridized carbons (Fsp3) is 0.125. The van der Waals surface area contributed by atoms with Gasteiger partial charge in [0, 0.05) is 10.0 Å². The van der Waals surface area contributed by atoms with Gasteiger partial charge >= 0.3 is 5.97 Å². The molecule has 0 saturated carbocycles. The minimum absolute atomic E-state index is 0.369. The van der Waals surface area contributed by atoms with Gasteiger partial charge in [-0.3, -0.25) is 0 Å². The number of halogens is 1. The number of hydrogen-bond donors (Lipinski definition) is 0. The Balaban J connectivity index is 2.17. The average Bonchev–Trinajstić information content (AvgIpc) is 2.87. The van der Waals surface area contributed by atoms with Crippen molar-refractivity contribution in [2.45, 2.75) is 6.92 Å². The zero-order valence-electron chi connectivity index (χ0n) is 11.5. The number of ether oxygens (including phenoxy) is 1. The molecule has 3 rings (SSSR count). The molecular weight excluding hydrogens is 334 g/mol. The van der Waals surface area contributed by atoms with Crippen LogP contribution >= 0.6 is 15.9 Å². The molecule has 0 unspecified atom stereocenters. The highest BCUT2D eigenvalue weighted by atomic mass is 79.9. The number of aryl methyl sites for hydroxylation is 1. The predicted molar refractivity (Wildman–Crippen MR) is 83.2 cm³/mol. The van der Waals surface area contributed by atoms with Gasteiger partial charge in [-0.2, -0.15) is 0 Å². The Labute approximate surface area is 129 Å². The van der Waals surface area contributed by atoms with E-state index in [9.17, 15) is 4.79 Å². The molecule has 0 saturated heterocycles. The predicted octanol–water partition coefficient (Wildman–Crippen LogP) is 4.35. The molecule has 0 atom stereocenters. The Morgan fingerprint density at radius 2 is 1.90 bits per heavy atom. The standard InChI is InChI=1S/C16H12BrNO3/c1-9-14(16(19)20-2)15(18-21-9)12-4-3-11-8-13(17)6-5-10(11)7-12/h3-8H,1-2H3. The van der Waals surface area contributed by atoms with Crippen LogP contribution < -0.4 is 0 Å². The van der Waals surface area contributed by atoms with E-state index in [2.05, 4.69) is 21.1 Å². The lowest BCUT2D eigenvalue weighted by atomic mass is 10.0. The summed E-state index contributed by atoms with van der Waals surface area (Å²) in [4.78, 5) is 11.9. The summed E-state index contributed by atoms with van der Waals surface area (Å²) in [5, 5.41) is 6.16. The van der Waals surface area contributed by atoms with Crippen molar-refractivity contribution in [2.75, 3.05) is 7.11 Å². The lowest BCUT2D eigenvalue weighted by Crippen LogP contribution is -2.03. The van der Waals surface area contributed by atoms with E-state index in [4.69, 9.17) is 9.26 Å². The summed E-state index contributed by atoms with van der Waals surface area (Å²) in [7, 11) is 1.34. The smallest absolute Gasteiger partial charge is 0.343 e. The Morgan fingerprint density at radius 3 is 2.67 bits per heavy atom. The van der Waals surface area contributed by atoms with Crippen molar-refractivity contribution in [1.82, 2.24) is 5.16 Å². The maximum Gasteiger partial charge on any atom is 0.343 e. The number of aromatic nitrogens is 1. The van der Waals surface area contributed by atoms with Gasteiger partial charge in [-0.1, -0.05) is 39.3 Å². The molecule has 5 heteroatoms. The third-order valence-corrected chi connectivity index (χ3v) is 3.82. The Kier molecular flexibility index (Phi) is 3.51. The lowest BCUT2D eigenvalue weighted by molar-refractivity contribution is 0.0599. The molecule has 21 heavy (non-hydrogen) atoms. The Bertz CT molecular complexity index is 839. The molecule has 0 spiro atoms. The second-order valence-electron chi connectivity index (χ2n) is 4.66. The number of esters is 1. The van der Waals surface area contributed by atoms with Gasteiger partial charge in [-0.05, 0) is 35.9 Å². The minimum atomic E-state index is -0.445. The number of fused-ring (bicyclic) bond motifs is 1. The summed E-state index contributed by atoms with van der Waals surface area (Å²) in [5.74, 6) is 0.00686. The maximum absolute atomic E-state index is 11.9. The van der Waals surface area contributed by atoms with Crippen molar-refractivity contribution in [2.24, 2.45) is 0 Å². The molecular formula is C16H12BrNO3. The number of methoxy groups -OCH3 is 1. The van der Waals surface area contributed by atoms with Crippen LogP contribution in [-0.2, 0) is 4.74 Å². The van der Waals surface area contributed by atoms with Crippen molar-refractivity contribution >= 4 is 32.7 Å². The summed E-state index contributed by atoms with van der Waals surface area (Å²) in [6.45, 7) is 1.70. The van der Waals surface area contributed by atoms with Crippen LogP contribution in [0.3, 0.4) is 0 Å². The van der Waals surface area contributed by atoms with E-state index in [0.29, 0.717) is 17.0 Å². The highest BCUT2D eigenvalue weighted by Gasteiger charge is 2.22. The zero-order valence-corrected chi connectivity index (χ0v) is 13.1. The quantitative estimate of drug-likeness (QED) is 0.647. The monoisotopic (exact) mass is 345 g/mol. The first-order valence-corrected chi connectivity index (χ1v) is 7.13. The number of benzene rings is 2. The van der Waals surface area contributed by atoms with Crippen molar-refractivity contribution in [3.05, 3.63) is 52.2 Å². The summed E-state index contributed by atoms with van der Waals surface area (Å²) in [5.41, 5.74) is 1.69. The van der Waals surface area contributed by atoms with Gasteiger partial charge in [-0.25, -0.2) is 4.79 Å². The average molecular weight is 346 g/mol. The second-order valence-corrected chi connectivity index (χ2v) is 5.58. The molecule has 0 aliphatic carbocycles. The lowest BCUT2D eigenvalue weighted by Gasteiger charge is -2.04. The van der Waals surface area contributed by atoms with Crippen molar-refractivity contribution in [1.29, 1.82) is 0 Å². The normalized spacial score (nSPS) is 10.8. The first-order valence-electron chi connectivity index (χ1n) is 6.34. The molecule has 0 aliphatic rings. The van der Waals surface area contributed by atoms with E-state index in [1.54, 1.807) is 6.92 Å². The van der Waals surface area contributed by atoms with Gasteiger partial charge in [0.1, 0.15) is 17.0 Å². The van der Waals surface area contributed by atoms with Gasteiger partial charge in [0.25, 0.3) is 0 Å². The van der Waals surface area contributed by atoms with Crippen LogP contribution in [0.25, 0.3) is 22.0 Å². The molecule has 0 aliphatic heterocycles. The molecule has 0 radical (unpaired) electrons. The summed E-state index contributed by atoms with van der Waals surface area (Å²) >= 11 is 3.45. The highest BCUT2D eigenvalue weighted by Crippen LogP contribution is 2.29. The molecule has 0 amide bonds. The summed E-state index contributed by atoms with van der Waals surface area (Å²) in [6.07, 6.45) is 0. The number of carbonyl (C=O) groups excluding carboxylic acids is 1. The van der Waals surface area contributed by atoms with Crippen molar-refractivity contribution in [3.63, 3.8) is 0 Å². The van der Waals surface area contributed by atoms with E-state index in [1.807, 2.05) is 36.4 Å². The highest BCUT2D eigenvalue weighted by molar-refractivity contribution is 9.10. The molecule has 0 fully saturated rings. The van der Waals surface area contributed by atoms with Crippen molar-refractivity contribution < 1.29 is 14.1 Å². The van der Waals surface area contributed by atoms with E-state index in [0.717, 1.165) is 20.8 Å². The van der Waals surface area contributed by atoms with Gasteiger partial charge in [0.2, 0.25) is 0 Å². The van der Waals surface area contributed by atoms with Crippen LogP contribution in [0.15, 0.2) is 45.4 Å². The second kappa shape index (κ2) is 5.33. The van der Waals surface area contributed by atoms with Gasteiger partial charge in [0.05, 0.1) is 7.11 Å². The number of carbonyl (C=O) groups is 1. The topological polar surface area (TPSA) is 52.3 Å². The molecule has 0 bridgehead atoms. The van der Waals surface area contributed by atoms with Crippen LogP contribution in [0.4, 0.5) is 0 Å². The largest absolute Gasteiger partial charge is 0.465 e. The third kappa shape index (κ3) is 2.45. The summed E-state index contributed by atoms with van der Waals surface area (Å²) in [6, 6.07) is 11.9. The van der Waals surface area contributed by atoms with E-state index in [-0.39, 0.29) is 0 Å². The zero-order chi connectivity index (χ0) is 15.0. The van der Waals surface area contributed by atoms with Crippen LogP contribution in [0.2, 0.25) is 0 Å². The van der Waals surface area contributed by atoms with Gasteiger partial charge in [0.15, 0.2) is 0 Å². The molecule has 1 heterocycles. The minimum Gasteiger partial charge on any atom is -0.465 e. The summed E-state index contributed by atoms with van der Waals surface area (Å²) < 4.78 is 11.0. The molecule has 3 aromatic rings. The molecule has 2 aromatic carbocycles. The molecule has 4 nitrogen and oxygen atoms in total. The number of nitrogens with zero attached hydrogens (tertiary/aromatic N) is 1.